The molecule has 22 heavy (non-hydrogen) atoms. The van der Waals surface area contributed by atoms with Crippen molar-refractivity contribution in [3.8, 4) is 5.75 Å². The van der Waals surface area contributed by atoms with Crippen LogP contribution in [-0.4, -0.2) is 25.1 Å². The SMILES string of the molecule is C=Cc1cc(OC)ccc1/C=C(\C)CCC(C)=O.CC.CO. The van der Waals surface area contributed by atoms with Gasteiger partial charge in [-0.3, -0.25) is 0 Å². The minimum Gasteiger partial charge on any atom is -0.497 e. The van der Waals surface area contributed by atoms with E-state index in [2.05, 4.69) is 12.7 Å². The number of ketones is 1. The van der Waals surface area contributed by atoms with E-state index in [0.717, 1.165) is 30.4 Å². The number of carbonyl (C=O) groups excluding carboxylic acids is 1. The van der Waals surface area contributed by atoms with E-state index in [1.807, 2.05) is 45.0 Å². The van der Waals surface area contributed by atoms with Crippen molar-refractivity contribution in [2.24, 2.45) is 0 Å². The first-order chi connectivity index (χ1) is 10.6. The largest absolute Gasteiger partial charge is 0.497 e. The first-order valence-corrected chi connectivity index (χ1v) is 7.48. The number of ether oxygens (including phenoxy) is 1. The highest BCUT2D eigenvalue weighted by Gasteiger charge is 2.01. The van der Waals surface area contributed by atoms with Crippen molar-refractivity contribution in [3.05, 3.63) is 41.5 Å². The van der Waals surface area contributed by atoms with Crippen molar-refractivity contribution in [3.63, 3.8) is 0 Å². The Morgan fingerprint density at radius 1 is 1.18 bits per heavy atom. The number of allylic oxidation sites excluding steroid dienone is 1. The van der Waals surface area contributed by atoms with Gasteiger partial charge in [0.05, 0.1) is 7.11 Å². The van der Waals surface area contributed by atoms with Crippen LogP contribution in [0.2, 0.25) is 0 Å². The number of carbonyl (C=O) groups is 1. The Kier molecular flexibility index (Phi) is 14.3. The van der Waals surface area contributed by atoms with Gasteiger partial charge >= 0.3 is 0 Å². The van der Waals surface area contributed by atoms with Crippen LogP contribution in [0.4, 0.5) is 0 Å². The standard InChI is InChI=1S/C16H20O2.C2H6.CH4O/c1-5-14-11-16(18-4)9-8-15(14)10-12(2)6-7-13(3)17;2*1-2/h5,8-11H,1,6-7H2,2-4H3;1-2H3;2H,1H3/b12-10+;;. The fourth-order valence-corrected chi connectivity index (χ4v) is 1.70. The Hall–Kier alpha value is -1.87. The molecule has 1 N–H and O–H groups in total. The number of benzene rings is 1. The molecule has 124 valence electrons. The lowest BCUT2D eigenvalue weighted by molar-refractivity contribution is -0.116. The summed E-state index contributed by atoms with van der Waals surface area (Å²) in [5.41, 5.74) is 3.34. The van der Waals surface area contributed by atoms with Gasteiger partial charge in [0.15, 0.2) is 0 Å². The molecule has 0 aliphatic carbocycles. The lowest BCUT2D eigenvalue weighted by Crippen LogP contribution is -1.91. The Bertz CT molecular complexity index is 474. The van der Waals surface area contributed by atoms with E-state index in [-0.39, 0.29) is 5.78 Å². The summed E-state index contributed by atoms with van der Waals surface area (Å²) in [6.07, 6.45) is 5.31. The average Bonchev–Trinajstić information content (AvgIpc) is 2.57. The zero-order valence-electron chi connectivity index (χ0n) is 14.8. The highest BCUT2D eigenvalue weighted by Crippen LogP contribution is 2.22. The predicted octanol–water partition coefficient (Wildman–Crippen LogP) is 4.75. The fraction of sp³-hybridized carbons (Fsp3) is 0.421. The van der Waals surface area contributed by atoms with Gasteiger partial charge in [-0.05, 0) is 43.5 Å². The van der Waals surface area contributed by atoms with Crippen LogP contribution in [0.1, 0.15) is 51.7 Å². The highest BCUT2D eigenvalue weighted by atomic mass is 16.5. The van der Waals surface area contributed by atoms with Gasteiger partial charge in [0, 0.05) is 13.5 Å². The van der Waals surface area contributed by atoms with Crippen LogP contribution in [0, 0.1) is 0 Å². The molecule has 0 bridgehead atoms. The second-order valence-electron chi connectivity index (χ2n) is 4.39. The molecule has 3 heteroatoms. The summed E-state index contributed by atoms with van der Waals surface area (Å²) >= 11 is 0. The van der Waals surface area contributed by atoms with Crippen molar-refractivity contribution in [2.75, 3.05) is 14.2 Å². The molecular weight excluding hydrogens is 276 g/mol. The smallest absolute Gasteiger partial charge is 0.130 e. The van der Waals surface area contributed by atoms with Crippen molar-refractivity contribution in [2.45, 2.75) is 40.5 Å². The number of Topliss-reactive ketones (excluding diaryl/α,β-unsaturated/α-hetero) is 1. The molecule has 0 radical (unpaired) electrons. The Labute approximate surface area is 135 Å². The van der Waals surface area contributed by atoms with E-state index < -0.39 is 0 Å². The highest BCUT2D eigenvalue weighted by molar-refractivity contribution is 5.76. The topological polar surface area (TPSA) is 46.5 Å². The monoisotopic (exact) mass is 306 g/mol. The quantitative estimate of drug-likeness (QED) is 0.825. The molecule has 0 saturated carbocycles. The Morgan fingerprint density at radius 2 is 1.77 bits per heavy atom. The van der Waals surface area contributed by atoms with Crippen LogP contribution >= 0.6 is 0 Å². The summed E-state index contributed by atoms with van der Waals surface area (Å²) in [6, 6.07) is 5.89. The molecule has 0 aromatic heterocycles. The third-order valence-electron chi connectivity index (χ3n) is 2.79. The number of rotatable bonds is 6. The van der Waals surface area contributed by atoms with Crippen LogP contribution < -0.4 is 4.74 Å². The van der Waals surface area contributed by atoms with E-state index in [4.69, 9.17) is 9.84 Å². The van der Waals surface area contributed by atoms with Crippen LogP contribution in [-0.2, 0) is 4.79 Å². The van der Waals surface area contributed by atoms with E-state index >= 15 is 0 Å². The van der Waals surface area contributed by atoms with Gasteiger partial charge in [0.2, 0.25) is 0 Å². The van der Waals surface area contributed by atoms with Gasteiger partial charge in [-0.1, -0.05) is 44.2 Å². The number of methoxy groups -OCH3 is 1. The number of aliphatic hydroxyl groups excluding tert-OH is 1. The molecule has 0 aliphatic heterocycles. The van der Waals surface area contributed by atoms with E-state index in [1.54, 1.807) is 14.0 Å². The van der Waals surface area contributed by atoms with E-state index in [0.29, 0.717) is 6.42 Å². The van der Waals surface area contributed by atoms with E-state index in [9.17, 15) is 4.79 Å². The van der Waals surface area contributed by atoms with Crippen LogP contribution in [0.5, 0.6) is 5.75 Å². The molecule has 1 rings (SSSR count). The first-order valence-electron chi connectivity index (χ1n) is 7.48. The molecule has 0 unspecified atom stereocenters. The number of aliphatic hydroxyl groups is 1. The predicted molar refractivity (Wildman–Crippen MR) is 96.1 cm³/mol. The maximum atomic E-state index is 10.9. The van der Waals surface area contributed by atoms with Gasteiger partial charge in [0.1, 0.15) is 11.5 Å². The summed E-state index contributed by atoms with van der Waals surface area (Å²) in [7, 11) is 2.65. The van der Waals surface area contributed by atoms with Crippen molar-refractivity contribution >= 4 is 17.9 Å². The van der Waals surface area contributed by atoms with Crippen LogP contribution in [0.15, 0.2) is 30.4 Å². The summed E-state index contributed by atoms with van der Waals surface area (Å²) in [6.45, 7) is 11.5. The molecule has 1 aromatic carbocycles. The minimum atomic E-state index is 0.224. The maximum absolute atomic E-state index is 10.9. The zero-order chi connectivity index (χ0) is 17.5. The Morgan fingerprint density at radius 3 is 2.23 bits per heavy atom. The Balaban J connectivity index is 0. The summed E-state index contributed by atoms with van der Waals surface area (Å²) in [5.74, 6) is 1.05. The molecule has 0 amide bonds. The van der Waals surface area contributed by atoms with Gasteiger partial charge < -0.3 is 14.6 Å². The summed E-state index contributed by atoms with van der Waals surface area (Å²) < 4.78 is 5.18. The molecule has 0 fully saturated rings. The number of hydrogen-bond acceptors (Lipinski definition) is 3. The summed E-state index contributed by atoms with van der Waals surface area (Å²) in [5, 5.41) is 7.00. The average molecular weight is 306 g/mol. The first kappa shape index (κ1) is 22.4. The maximum Gasteiger partial charge on any atom is 0.130 e. The van der Waals surface area contributed by atoms with Crippen LogP contribution in [0.25, 0.3) is 12.2 Å². The van der Waals surface area contributed by atoms with Crippen molar-refractivity contribution < 1.29 is 14.6 Å². The molecular formula is C19H30O3. The third-order valence-corrected chi connectivity index (χ3v) is 2.79. The van der Waals surface area contributed by atoms with Gasteiger partial charge in [0.25, 0.3) is 0 Å². The van der Waals surface area contributed by atoms with Gasteiger partial charge in [-0.15, -0.1) is 0 Å². The second-order valence-corrected chi connectivity index (χ2v) is 4.39. The third kappa shape index (κ3) is 9.14. The fourth-order valence-electron chi connectivity index (χ4n) is 1.70. The molecule has 0 saturated heterocycles. The molecule has 0 atom stereocenters. The normalized spacial score (nSPS) is 9.68. The van der Waals surface area contributed by atoms with Crippen LogP contribution in [0.3, 0.4) is 0 Å². The molecule has 3 nitrogen and oxygen atoms in total. The minimum absolute atomic E-state index is 0.224. The van der Waals surface area contributed by atoms with E-state index in [1.165, 1.54) is 5.57 Å². The molecule has 1 aromatic rings. The van der Waals surface area contributed by atoms with Gasteiger partial charge in [-0.2, -0.15) is 0 Å². The van der Waals surface area contributed by atoms with Gasteiger partial charge in [-0.25, -0.2) is 0 Å². The number of hydrogen-bond donors (Lipinski definition) is 1. The molecule has 0 spiro atoms. The summed E-state index contributed by atoms with van der Waals surface area (Å²) in [4.78, 5) is 10.9. The zero-order valence-corrected chi connectivity index (χ0v) is 14.8. The van der Waals surface area contributed by atoms with Crippen molar-refractivity contribution in [1.29, 1.82) is 0 Å². The second kappa shape index (κ2) is 14.1. The molecule has 0 aliphatic rings. The van der Waals surface area contributed by atoms with Crippen molar-refractivity contribution in [1.82, 2.24) is 0 Å². The molecule has 0 heterocycles. The lowest BCUT2D eigenvalue weighted by atomic mass is 10.0. The lowest BCUT2D eigenvalue weighted by Gasteiger charge is -2.06.